The van der Waals surface area contributed by atoms with E-state index in [1.165, 1.54) is 30.3 Å². The van der Waals surface area contributed by atoms with Gasteiger partial charge in [0, 0.05) is 41.1 Å². The van der Waals surface area contributed by atoms with Crippen molar-refractivity contribution in [2.24, 2.45) is 0 Å². The summed E-state index contributed by atoms with van der Waals surface area (Å²) < 4.78 is 29.4. The Morgan fingerprint density at radius 2 is 1.79 bits per heavy atom. The van der Waals surface area contributed by atoms with Gasteiger partial charge in [-0.15, -0.1) is 0 Å². The molecule has 0 amide bonds. The number of para-hydroxylation sites is 1. The van der Waals surface area contributed by atoms with Gasteiger partial charge in [0.1, 0.15) is 17.3 Å². The van der Waals surface area contributed by atoms with Crippen LogP contribution in [0.25, 0.3) is 11.3 Å². The lowest BCUT2D eigenvalue weighted by Gasteiger charge is -2.26. The Labute approximate surface area is 197 Å². The molecule has 7 nitrogen and oxygen atoms in total. The van der Waals surface area contributed by atoms with Crippen LogP contribution in [0.5, 0.6) is 0 Å². The van der Waals surface area contributed by atoms with E-state index in [-0.39, 0.29) is 23.9 Å². The average Bonchev–Trinajstić information content (AvgIpc) is 2.96. The van der Waals surface area contributed by atoms with Crippen molar-refractivity contribution in [1.29, 1.82) is 0 Å². The lowest BCUT2D eigenvalue weighted by Crippen LogP contribution is -2.21. The van der Waals surface area contributed by atoms with E-state index in [2.05, 4.69) is 15.3 Å². The SMILES string of the molecule is O=[N+]([O-])c1ccc(Nc2ncc3c(n2)-c2ccc(Cl)cc2N(c2c(F)cccc2F)CC3)cc1. The van der Waals surface area contributed by atoms with Crippen LogP contribution in [-0.4, -0.2) is 21.4 Å². The van der Waals surface area contributed by atoms with Gasteiger partial charge in [0.25, 0.3) is 5.69 Å². The van der Waals surface area contributed by atoms with Gasteiger partial charge < -0.3 is 10.2 Å². The third-order valence-electron chi connectivity index (χ3n) is 5.52. The molecule has 0 radical (unpaired) electrons. The van der Waals surface area contributed by atoms with Crippen LogP contribution >= 0.6 is 11.6 Å². The van der Waals surface area contributed by atoms with Crippen molar-refractivity contribution < 1.29 is 13.7 Å². The van der Waals surface area contributed by atoms with Crippen LogP contribution in [0, 0.1) is 21.7 Å². The predicted octanol–water partition coefficient (Wildman–Crippen LogP) is 6.42. The number of benzene rings is 3. The Hall–Kier alpha value is -4.11. The fourth-order valence-corrected chi connectivity index (χ4v) is 4.11. The summed E-state index contributed by atoms with van der Waals surface area (Å²) in [7, 11) is 0. The molecule has 170 valence electrons. The summed E-state index contributed by atoms with van der Waals surface area (Å²) in [5.41, 5.74) is 2.97. The Kier molecular flexibility index (Phi) is 5.54. The van der Waals surface area contributed by atoms with Crippen molar-refractivity contribution in [1.82, 2.24) is 9.97 Å². The molecular formula is C24H16ClF2N5O2. The molecule has 1 aromatic heterocycles. The summed E-state index contributed by atoms with van der Waals surface area (Å²) in [5.74, 6) is -1.08. The van der Waals surface area contributed by atoms with Crippen molar-refractivity contribution in [3.05, 3.63) is 99.2 Å². The summed E-state index contributed by atoms with van der Waals surface area (Å²) >= 11 is 6.26. The fraction of sp³-hybridized carbons (Fsp3) is 0.0833. The number of non-ortho nitro benzene ring substituents is 1. The minimum atomic E-state index is -0.677. The van der Waals surface area contributed by atoms with E-state index in [4.69, 9.17) is 11.6 Å². The molecule has 0 saturated heterocycles. The molecule has 0 fully saturated rings. The highest BCUT2D eigenvalue weighted by Gasteiger charge is 2.26. The zero-order chi connectivity index (χ0) is 23.8. The molecule has 5 rings (SSSR count). The third-order valence-corrected chi connectivity index (χ3v) is 5.75. The highest BCUT2D eigenvalue weighted by molar-refractivity contribution is 6.31. The largest absolute Gasteiger partial charge is 0.336 e. The lowest BCUT2D eigenvalue weighted by molar-refractivity contribution is -0.384. The Balaban J connectivity index is 1.57. The second-order valence-corrected chi connectivity index (χ2v) is 8.07. The summed E-state index contributed by atoms with van der Waals surface area (Å²) in [6.45, 7) is 0.288. The summed E-state index contributed by atoms with van der Waals surface area (Å²) in [6.07, 6.45) is 2.10. The van der Waals surface area contributed by atoms with Gasteiger partial charge in [-0.2, -0.15) is 0 Å². The number of nitrogens with one attached hydrogen (secondary N) is 1. The van der Waals surface area contributed by atoms with Crippen molar-refractivity contribution in [3.63, 3.8) is 0 Å². The van der Waals surface area contributed by atoms with Gasteiger partial charge in [0.2, 0.25) is 5.95 Å². The lowest BCUT2D eigenvalue weighted by atomic mass is 10.0. The fourth-order valence-electron chi connectivity index (χ4n) is 3.94. The van der Waals surface area contributed by atoms with Crippen LogP contribution in [-0.2, 0) is 6.42 Å². The standard InChI is InChI=1S/C24H16ClF2N5O2/c25-15-4-9-18-21(12-15)31(23-19(26)2-1-3-20(23)27)11-10-14-13-28-24(30-22(14)18)29-16-5-7-17(8-6-16)32(33)34/h1-9,12-13H,10-11H2,(H,28,29,30). The number of aromatic nitrogens is 2. The molecular weight excluding hydrogens is 464 g/mol. The Morgan fingerprint density at radius 1 is 1.06 bits per heavy atom. The highest BCUT2D eigenvalue weighted by Crippen LogP contribution is 2.42. The molecule has 3 aromatic carbocycles. The second-order valence-electron chi connectivity index (χ2n) is 7.63. The number of fused-ring (bicyclic) bond motifs is 3. The van der Waals surface area contributed by atoms with E-state index in [9.17, 15) is 18.9 Å². The smallest absolute Gasteiger partial charge is 0.269 e. The topological polar surface area (TPSA) is 84.2 Å². The van der Waals surface area contributed by atoms with Crippen LogP contribution in [0.1, 0.15) is 5.56 Å². The third kappa shape index (κ3) is 4.01. The van der Waals surface area contributed by atoms with E-state index < -0.39 is 16.6 Å². The minimum absolute atomic E-state index is 0.0281. The van der Waals surface area contributed by atoms with Gasteiger partial charge in [-0.25, -0.2) is 18.7 Å². The first-order valence-electron chi connectivity index (χ1n) is 10.3. The number of nitrogens with zero attached hydrogens (tertiary/aromatic N) is 4. The molecule has 2 heterocycles. The molecule has 0 aliphatic carbocycles. The quantitative estimate of drug-likeness (QED) is 0.268. The normalized spacial score (nSPS) is 12.5. The van der Waals surface area contributed by atoms with Crippen molar-refractivity contribution in [2.45, 2.75) is 6.42 Å². The van der Waals surface area contributed by atoms with Crippen LogP contribution < -0.4 is 10.2 Å². The van der Waals surface area contributed by atoms with Gasteiger partial charge in [0.15, 0.2) is 0 Å². The maximum atomic E-state index is 14.7. The maximum absolute atomic E-state index is 14.7. The minimum Gasteiger partial charge on any atom is -0.336 e. The first kappa shape index (κ1) is 21.7. The zero-order valence-corrected chi connectivity index (χ0v) is 18.3. The number of anilines is 4. The molecule has 10 heteroatoms. The molecule has 1 aliphatic rings. The van der Waals surface area contributed by atoms with Crippen molar-refractivity contribution >= 4 is 40.3 Å². The van der Waals surface area contributed by atoms with Crippen LogP contribution in [0.2, 0.25) is 5.02 Å². The number of nitro benzene ring substituents is 1. The number of halogens is 3. The van der Waals surface area contributed by atoms with Gasteiger partial charge in [0.05, 0.1) is 16.3 Å². The summed E-state index contributed by atoms with van der Waals surface area (Å²) in [5, 5.41) is 14.3. The monoisotopic (exact) mass is 479 g/mol. The van der Waals surface area contributed by atoms with Gasteiger partial charge >= 0.3 is 0 Å². The average molecular weight is 480 g/mol. The molecule has 0 saturated carbocycles. The molecule has 4 aromatic rings. The highest BCUT2D eigenvalue weighted by atomic mass is 35.5. The van der Waals surface area contributed by atoms with Gasteiger partial charge in [-0.3, -0.25) is 10.1 Å². The molecule has 1 N–H and O–H groups in total. The maximum Gasteiger partial charge on any atom is 0.269 e. The van der Waals surface area contributed by atoms with Crippen molar-refractivity contribution in [3.8, 4) is 11.3 Å². The Morgan fingerprint density at radius 3 is 2.50 bits per heavy atom. The number of hydrogen-bond acceptors (Lipinski definition) is 6. The zero-order valence-electron chi connectivity index (χ0n) is 17.5. The molecule has 34 heavy (non-hydrogen) atoms. The van der Waals surface area contributed by atoms with Crippen molar-refractivity contribution in [2.75, 3.05) is 16.8 Å². The Bertz CT molecular complexity index is 1400. The van der Waals surface area contributed by atoms with E-state index in [0.29, 0.717) is 34.1 Å². The van der Waals surface area contributed by atoms with E-state index in [1.807, 2.05) is 0 Å². The van der Waals surface area contributed by atoms with Crippen LogP contribution in [0.4, 0.5) is 37.5 Å². The number of nitro groups is 1. The molecule has 1 aliphatic heterocycles. The van der Waals surface area contributed by atoms with Gasteiger partial charge in [-0.1, -0.05) is 17.7 Å². The van der Waals surface area contributed by atoms with E-state index in [0.717, 1.165) is 5.56 Å². The second kappa shape index (κ2) is 8.68. The predicted molar refractivity (Wildman–Crippen MR) is 126 cm³/mol. The number of hydrogen-bond donors (Lipinski definition) is 1. The van der Waals surface area contributed by atoms with Gasteiger partial charge in [-0.05, 0) is 54.4 Å². The van der Waals surface area contributed by atoms with E-state index >= 15 is 0 Å². The summed E-state index contributed by atoms with van der Waals surface area (Å²) in [4.78, 5) is 21.0. The number of rotatable bonds is 4. The molecule has 0 unspecified atom stereocenters. The first-order chi connectivity index (χ1) is 16.4. The molecule has 0 spiro atoms. The van der Waals surface area contributed by atoms with E-state index in [1.54, 1.807) is 41.4 Å². The molecule has 0 atom stereocenters. The summed E-state index contributed by atoms with van der Waals surface area (Å²) in [6, 6.07) is 14.7. The molecule has 0 bridgehead atoms. The van der Waals surface area contributed by atoms with Crippen LogP contribution in [0.15, 0.2) is 66.9 Å². The first-order valence-corrected chi connectivity index (χ1v) is 10.7. The van der Waals surface area contributed by atoms with Crippen LogP contribution in [0.3, 0.4) is 0 Å².